The van der Waals surface area contributed by atoms with Crippen LogP contribution in [0.1, 0.15) is 29.4 Å². The molecule has 30 heavy (non-hydrogen) atoms. The van der Waals surface area contributed by atoms with E-state index in [4.69, 9.17) is 4.74 Å². The maximum Gasteiger partial charge on any atom is 0.202 e. The van der Waals surface area contributed by atoms with E-state index in [9.17, 15) is 10.2 Å². The van der Waals surface area contributed by atoms with Gasteiger partial charge in [-0.2, -0.15) is 0 Å². The monoisotopic (exact) mass is 397 g/mol. The Hall–Kier alpha value is -3.80. The molecule has 6 nitrogen and oxygen atoms in total. The number of hydrogen-bond donors (Lipinski definition) is 2. The van der Waals surface area contributed by atoms with Gasteiger partial charge in [-0.15, -0.1) is 0 Å². The van der Waals surface area contributed by atoms with Crippen LogP contribution in [0.15, 0.2) is 60.8 Å². The van der Waals surface area contributed by atoms with E-state index in [-0.39, 0.29) is 23.6 Å². The number of allylic oxidation sites excluding steroid dienone is 2. The highest BCUT2D eigenvalue weighted by Crippen LogP contribution is 2.57. The number of benzene rings is 2. The Balaban J connectivity index is 1.37. The second-order valence-electron chi connectivity index (χ2n) is 7.81. The van der Waals surface area contributed by atoms with E-state index in [0.29, 0.717) is 11.5 Å². The molecule has 2 aliphatic carbocycles. The molecule has 0 amide bonds. The van der Waals surface area contributed by atoms with E-state index in [1.165, 1.54) is 4.57 Å². The van der Waals surface area contributed by atoms with Crippen LogP contribution in [0.4, 0.5) is 0 Å². The average Bonchev–Trinajstić information content (AvgIpc) is 3.47. The Morgan fingerprint density at radius 1 is 0.967 bits per heavy atom. The molecule has 2 N–H and O–H groups in total. The van der Waals surface area contributed by atoms with E-state index < -0.39 is 0 Å². The number of hydrogen-bond acceptors (Lipinski definition) is 5. The van der Waals surface area contributed by atoms with Crippen LogP contribution in [0.25, 0.3) is 28.0 Å². The van der Waals surface area contributed by atoms with Crippen molar-refractivity contribution in [2.24, 2.45) is 0 Å². The van der Waals surface area contributed by atoms with Crippen LogP contribution in [0.2, 0.25) is 0 Å². The molecule has 1 unspecified atom stereocenters. The van der Waals surface area contributed by atoms with Crippen molar-refractivity contribution in [1.29, 1.82) is 0 Å². The summed E-state index contributed by atoms with van der Waals surface area (Å²) in [5.74, 6) is 2.03. The molecule has 0 aliphatic heterocycles. The van der Waals surface area contributed by atoms with Crippen molar-refractivity contribution in [3.05, 3.63) is 71.9 Å². The lowest BCUT2D eigenvalue weighted by Crippen LogP contribution is -1.96. The number of methoxy groups -OCH3 is 1. The standard InChI is InChI=1S/C24H19N3O3/c1-30-18-8-9-19-16(11-18)12-25-22(26-19)13-4-6-17(7-5-13)27-23(28)20-14-2-3-15(10-14)21(20)24(27)29/h2-9,11-12,14-15,28-29H,10H2,1H3/t14-,15?/m0/s1. The summed E-state index contributed by atoms with van der Waals surface area (Å²) < 4.78 is 6.77. The first-order chi connectivity index (χ1) is 14.6. The molecule has 0 spiro atoms. The largest absolute Gasteiger partial charge is 0.497 e. The van der Waals surface area contributed by atoms with Crippen molar-refractivity contribution >= 4 is 10.9 Å². The van der Waals surface area contributed by atoms with Gasteiger partial charge in [0.2, 0.25) is 11.8 Å². The van der Waals surface area contributed by atoms with E-state index in [0.717, 1.165) is 39.8 Å². The zero-order chi connectivity index (χ0) is 20.4. The van der Waals surface area contributed by atoms with E-state index in [1.54, 1.807) is 13.3 Å². The summed E-state index contributed by atoms with van der Waals surface area (Å²) in [7, 11) is 1.63. The molecule has 4 aromatic rings. The van der Waals surface area contributed by atoms with Crippen LogP contribution in [0.5, 0.6) is 17.5 Å². The zero-order valence-corrected chi connectivity index (χ0v) is 16.3. The fourth-order valence-electron chi connectivity index (χ4n) is 4.72. The van der Waals surface area contributed by atoms with Crippen molar-refractivity contribution in [1.82, 2.24) is 14.5 Å². The number of fused-ring (bicyclic) bond motifs is 6. The van der Waals surface area contributed by atoms with Crippen molar-refractivity contribution in [3.8, 4) is 34.6 Å². The lowest BCUT2D eigenvalue weighted by atomic mass is 10.0. The Labute approximate surface area is 172 Å². The van der Waals surface area contributed by atoms with Crippen LogP contribution < -0.4 is 4.74 Å². The molecule has 2 heterocycles. The fraction of sp³-hybridized carbons (Fsp3) is 0.167. The third kappa shape index (κ3) is 2.30. The highest BCUT2D eigenvalue weighted by molar-refractivity contribution is 5.81. The van der Waals surface area contributed by atoms with E-state index in [1.807, 2.05) is 42.5 Å². The summed E-state index contributed by atoms with van der Waals surface area (Å²) in [6.45, 7) is 0. The van der Waals surface area contributed by atoms with Gasteiger partial charge in [0.1, 0.15) is 5.75 Å². The molecular weight excluding hydrogens is 378 g/mol. The molecule has 2 aromatic carbocycles. The Morgan fingerprint density at radius 3 is 2.33 bits per heavy atom. The highest BCUT2D eigenvalue weighted by atomic mass is 16.5. The van der Waals surface area contributed by atoms with Crippen LogP contribution in [-0.2, 0) is 0 Å². The van der Waals surface area contributed by atoms with Crippen molar-refractivity contribution in [2.75, 3.05) is 7.11 Å². The summed E-state index contributed by atoms with van der Waals surface area (Å²) in [5.41, 5.74) is 4.12. The Bertz CT molecular complexity index is 1300. The van der Waals surface area contributed by atoms with E-state index >= 15 is 0 Å². The topological polar surface area (TPSA) is 80.4 Å². The SMILES string of the molecule is COc1ccc2nc(-c3ccc(-n4c(O)c5c(c4O)[C@H]4C=CC5C4)cc3)ncc2c1. The first-order valence-corrected chi connectivity index (χ1v) is 9.90. The third-order valence-electron chi connectivity index (χ3n) is 6.19. The van der Waals surface area contributed by atoms with Gasteiger partial charge >= 0.3 is 0 Å². The number of rotatable bonds is 3. The first kappa shape index (κ1) is 17.1. The quantitative estimate of drug-likeness (QED) is 0.492. The van der Waals surface area contributed by atoms with Gasteiger partial charge in [-0.3, -0.25) is 4.57 Å². The molecule has 148 valence electrons. The maximum absolute atomic E-state index is 10.8. The number of ether oxygens (including phenoxy) is 1. The minimum absolute atomic E-state index is 0.128. The Kier molecular flexibility index (Phi) is 3.47. The molecule has 6 rings (SSSR count). The smallest absolute Gasteiger partial charge is 0.202 e. The summed E-state index contributed by atoms with van der Waals surface area (Å²) in [6, 6.07) is 13.2. The zero-order valence-electron chi connectivity index (χ0n) is 16.3. The van der Waals surface area contributed by atoms with Crippen LogP contribution >= 0.6 is 0 Å². The van der Waals surface area contributed by atoms with Crippen LogP contribution in [0, 0.1) is 0 Å². The van der Waals surface area contributed by atoms with Crippen LogP contribution in [0.3, 0.4) is 0 Å². The summed E-state index contributed by atoms with van der Waals surface area (Å²) in [4.78, 5) is 9.12. The minimum atomic E-state index is 0.128. The van der Waals surface area contributed by atoms with Gasteiger partial charge in [0.15, 0.2) is 5.82 Å². The van der Waals surface area contributed by atoms with Crippen molar-refractivity contribution in [3.63, 3.8) is 0 Å². The predicted molar refractivity (Wildman–Crippen MR) is 113 cm³/mol. The second-order valence-corrected chi connectivity index (χ2v) is 7.81. The lowest BCUT2D eigenvalue weighted by Gasteiger charge is -2.10. The summed E-state index contributed by atoms with van der Waals surface area (Å²) in [5, 5.41) is 22.5. The van der Waals surface area contributed by atoms with Gasteiger partial charge in [-0.25, -0.2) is 9.97 Å². The van der Waals surface area contributed by atoms with Crippen molar-refractivity contribution in [2.45, 2.75) is 18.3 Å². The Morgan fingerprint density at radius 2 is 1.67 bits per heavy atom. The molecule has 0 saturated heterocycles. The van der Waals surface area contributed by atoms with Crippen LogP contribution in [-0.4, -0.2) is 31.9 Å². The van der Waals surface area contributed by atoms with Gasteiger partial charge < -0.3 is 14.9 Å². The molecule has 2 atom stereocenters. The van der Waals surface area contributed by atoms with Gasteiger partial charge in [-0.05, 0) is 48.9 Å². The molecule has 6 heteroatoms. The molecule has 0 fully saturated rings. The summed E-state index contributed by atoms with van der Waals surface area (Å²) in [6.07, 6.45) is 6.96. The van der Waals surface area contributed by atoms with Gasteiger partial charge in [-0.1, -0.05) is 12.2 Å². The maximum atomic E-state index is 10.8. The molecule has 2 bridgehead atoms. The van der Waals surface area contributed by atoms with E-state index in [2.05, 4.69) is 22.1 Å². The minimum Gasteiger partial charge on any atom is -0.497 e. The molecular formula is C24H19N3O3. The molecule has 2 aromatic heterocycles. The van der Waals surface area contributed by atoms with Gasteiger partial charge in [0, 0.05) is 40.1 Å². The van der Waals surface area contributed by atoms with Gasteiger partial charge in [0.25, 0.3) is 0 Å². The second kappa shape index (κ2) is 6.10. The predicted octanol–water partition coefficient (Wildman–Crippen LogP) is 4.65. The van der Waals surface area contributed by atoms with Crippen molar-refractivity contribution < 1.29 is 14.9 Å². The normalized spacial score (nSPS) is 18.8. The first-order valence-electron chi connectivity index (χ1n) is 9.90. The number of aromatic nitrogens is 3. The number of nitrogens with zero attached hydrogens (tertiary/aromatic N) is 3. The lowest BCUT2D eigenvalue weighted by molar-refractivity contribution is 0.395. The summed E-state index contributed by atoms with van der Waals surface area (Å²) >= 11 is 0. The highest BCUT2D eigenvalue weighted by Gasteiger charge is 2.41. The fourth-order valence-corrected chi connectivity index (χ4v) is 4.72. The molecule has 0 saturated carbocycles. The number of aromatic hydroxyl groups is 2. The molecule has 2 aliphatic rings. The average molecular weight is 397 g/mol. The molecule has 0 radical (unpaired) electrons. The van der Waals surface area contributed by atoms with Gasteiger partial charge in [0.05, 0.1) is 18.3 Å². The third-order valence-corrected chi connectivity index (χ3v) is 6.19.